The Labute approximate surface area is 296 Å². The van der Waals surface area contributed by atoms with Crippen molar-refractivity contribution >= 4 is 113 Å². The summed E-state index contributed by atoms with van der Waals surface area (Å²) >= 11 is 3.77. The van der Waals surface area contributed by atoms with Crippen molar-refractivity contribution < 1.29 is 0 Å². The highest BCUT2D eigenvalue weighted by Gasteiger charge is 2.24. The third kappa shape index (κ3) is 4.01. The maximum atomic E-state index is 2.52. The van der Waals surface area contributed by atoms with E-state index in [0.717, 1.165) is 17.1 Å². The minimum atomic E-state index is 1.15. The average Bonchev–Trinajstić information content (AvgIpc) is 3.85. The highest BCUT2D eigenvalue weighted by molar-refractivity contribution is 7.27. The quantitative estimate of drug-likeness (QED) is 0.181. The molecule has 0 aliphatic carbocycles. The van der Waals surface area contributed by atoms with Gasteiger partial charge in [-0.3, -0.25) is 0 Å². The van der Waals surface area contributed by atoms with Gasteiger partial charge in [-0.1, -0.05) is 115 Å². The van der Waals surface area contributed by atoms with E-state index in [4.69, 9.17) is 0 Å². The van der Waals surface area contributed by atoms with Gasteiger partial charge in [0.25, 0.3) is 0 Å². The summed E-state index contributed by atoms with van der Waals surface area (Å²) in [6.07, 6.45) is 0. The minimum absolute atomic E-state index is 1.15. The molecule has 8 aromatic carbocycles. The molecule has 0 aliphatic rings. The monoisotopic (exact) mass is 672 g/mol. The lowest BCUT2D eigenvalue weighted by atomic mass is 10.0. The van der Waals surface area contributed by atoms with Gasteiger partial charge in [0.15, 0.2) is 0 Å². The largest absolute Gasteiger partial charge is 0.308 e. The maximum Gasteiger partial charge on any atom is 0.0782 e. The lowest BCUT2D eigenvalue weighted by Crippen LogP contribution is -2.12. The number of para-hydroxylation sites is 3. The van der Waals surface area contributed by atoms with Crippen molar-refractivity contribution in [2.45, 2.75) is 0 Å². The Morgan fingerprint density at radius 3 is 1.92 bits per heavy atom. The van der Waals surface area contributed by atoms with Crippen LogP contribution in [0.4, 0.5) is 17.1 Å². The first kappa shape index (κ1) is 28.0. The number of aromatic nitrogens is 1. The highest BCUT2D eigenvalue weighted by atomic mass is 32.1. The zero-order valence-corrected chi connectivity index (χ0v) is 28.5. The van der Waals surface area contributed by atoms with Crippen LogP contribution >= 0.6 is 22.7 Å². The number of anilines is 3. The zero-order chi connectivity index (χ0) is 32.8. The third-order valence-corrected chi connectivity index (χ3v) is 12.5. The second-order valence-electron chi connectivity index (χ2n) is 12.9. The topological polar surface area (TPSA) is 8.17 Å². The number of thiophene rings is 2. The predicted octanol–water partition coefficient (Wildman–Crippen LogP) is 14.1. The third-order valence-electron chi connectivity index (χ3n) is 10.2. The summed E-state index contributed by atoms with van der Waals surface area (Å²) in [7, 11) is 0. The number of nitrogens with zero attached hydrogens (tertiary/aromatic N) is 2. The molecule has 11 aromatic rings. The van der Waals surface area contributed by atoms with Gasteiger partial charge in [0.05, 0.1) is 22.4 Å². The molecule has 0 spiro atoms. The van der Waals surface area contributed by atoms with Crippen molar-refractivity contribution in [3.8, 4) is 5.69 Å². The molecule has 0 unspecified atom stereocenters. The van der Waals surface area contributed by atoms with Gasteiger partial charge in [-0.2, -0.15) is 0 Å². The molecule has 4 heteroatoms. The van der Waals surface area contributed by atoms with E-state index in [9.17, 15) is 0 Å². The summed E-state index contributed by atoms with van der Waals surface area (Å²) in [4.78, 5) is 2.52. The van der Waals surface area contributed by atoms with Gasteiger partial charge >= 0.3 is 0 Å². The maximum absolute atomic E-state index is 2.52. The highest BCUT2D eigenvalue weighted by Crippen LogP contribution is 2.49. The van der Waals surface area contributed by atoms with Gasteiger partial charge in [-0.25, -0.2) is 0 Å². The fraction of sp³-hybridized carbons (Fsp3) is 0. The summed E-state index contributed by atoms with van der Waals surface area (Å²) in [5, 5.41) is 10.2. The van der Waals surface area contributed by atoms with E-state index in [0.29, 0.717) is 0 Å². The van der Waals surface area contributed by atoms with Crippen LogP contribution in [0.1, 0.15) is 0 Å². The van der Waals surface area contributed by atoms with E-state index in [2.05, 4.69) is 179 Å². The second-order valence-corrected chi connectivity index (χ2v) is 15.0. The van der Waals surface area contributed by atoms with Gasteiger partial charge < -0.3 is 9.47 Å². The first-order chi connectivity index (χ1) is 24.8. The zero-order valence-electron chi connectivity index (χ0n) is 26.9. The first-order valence-corrected chi connectivity index (χ1v) is 18.6. The molecule has 0 amide bonds. The van der Waals surface area contributed by atoms with Crippen LogP contribution in [0, 0.1) is 0 Å². The molecule has 0 bridgehead atoms. The Balaban J connectivity index is 1.30. The molecule has 234 valence electrons. The van der Waals surface area contributed by atoms with E-state index in [-0.39, 0.29) is 0 Å². The van der Waals surface area contributed by atoms with Crippen LogP contribution < -0.4 is 4.90 Å². The van der Waals surface area contributed by atoms with Crippen molar-refractivity contribution in [1.29, 1.82) is 0 Å². The van der Waals surface area contributed by atoms with E-state index >= 15 is 0 Å². The Morgan fingerprint density at radius 2 is 1.06 bits per heavy atom. The lowest BCUT2D eigenvalue weighted by Gasteiger charge is -2.28. The summed E-state index contributed by atoms with van der Waals surface area (Å²) < 4.78 is 7.69. The molecular formula is C46H28N2S2. The van der Waals surface area contributed by atoms with Crippen molar-refractivity contribution in [2.75, 3.05) is 4.90 Å². The predicted molar refractivity (Wildman–Crippen MR) is 219 cm³/mol. The molecule has 11 rings (SSSR count). The van der Waals surface area contributed by atoms with Crippen LogP contribution in [-0.4, -0.2) is 4.57 Å². The minimum Gasteiger partial charge on any atom is -0.308 e. The van der Waals surface area contributed by atoms with Gasteiger partial charge in [0.1, 0.15) is 0 Å². The summed E-state index contributed by atoms with van der Waals surface area (Å²) in [6.45, 7) is 0. The molecule has 2 nitrogen and oxygen atoms in total. The van der Waals surface area contributed by atoms with E-state index < -0.39 is 0 Å². The lowest BCUT2D eigenvalue weighted by molar-refractivity contribution is 1.17. The van der Waals surface area contributed by atoms with E-state index in [1.165, 1.54) is 78.6 Å². The molecule has 3 aromatic heterocycles. The molecule has 50 heavy (non-hydrogen) atoms. The fourth-order valence-corrected chi connectivity index (χ4v) is 10.4. The Kier molecular flexibility index (Phi) is 6.03. The van der Waals surface area contributed by atoms with Gasteiger partial charge in [-0.15, -0.1) is 22.7 Å². The summed E-state index contributed by atoms with van der Waals surface area (Å²) in [5.74, 6) is 0. The molecular weight excluding hydrogens is 645 g/mol. The van der Waals surface area contributed by atoms with Gasteiger partial charge in [0, 0.05) is 67.9 Å². The molecule has 0 fully saturated rings. The molecule has 0 atom stereocenters. The van der Waals surface area contributed by atoms with Gasteiger partial charge in [0.2, 0.25) is 0 Å². The van der Waals surface area contributed by atoms with Crippen molar-refractivity contribution in [3.05, 3.63) is 170 Å². The van der Waals surface area contributed by atoms with E-state index in [1.54, 1.807) is 0 Å². The SMILES string of the molecule is c1ccc(-n2c3ccccc3c3cccc(N(c4ccc5c(c4)sc4ccccc45)c4cccc5ccc6c7ccccc7sc6c45)c32)cc1. The van der Waals surface area contributed by atoms with Crippen LogP contribution in [-0.2, 0) is 0 Å². The first-order valence-electron chi connectivity index (χ1n) is 16.9. The smallest absolute Gasteiger partial charge is 0.0782 e. The standard InChI is InChI=1S/C46H28N2S2/c1-2-13-30(14-3-1)48-38-19-7-4-15-32(38)36-18-11-21-40(45(36)48)47(31-25-27-35-33-16-5-8-22-41(33)49-43(35)28-31)39-20-10-12-29-24-26-37-34-17-6-9-23-42(34)50-46(37)44(29)39/h1-28H. The molecule has 0 saturated heterocycles. The second kappa shape index (κ2) is 10.8. The van der Waals surface area contributed by atoms with Crippen molar-refractivity contribution in [2.24, 2.45) is 0 Å². The molecule has 0 radical (unpaired) electrons. The van der Waals surface area contributed by atoms with Crippen LogP contribution in [0.15, 0.2) is 170 Å². The molecule has 0 aliphatic heterocycles. The molecule has 3 heterocycles. The van der Waals surface area contributed by atoms with Crippen molar-refractivity contribution in [3.63, 3.8) is 0 Å². The number of rotatable bonds is 4. The number of hydrogen-bond donors (Lipinski definition) is 0. The number of benzene rings is 8. The number of hydrogen-bond acceptors (Lipinski definition) is 3. The fourth-order valence-electron chi connectivity index (χ4n) is 8.01. The van der Waals surface area contributed by atoms with Crippen molar-refractivity contribution in [1.82, 2.24) is 4.57 Å². The summed E-state index contributed by atoms with van der Waals surface area (Å²) in [5.41, 5.74) is 7.01. The average molecular weight is 673 g/mol. The van der Waals surface area contributed by atoms with Crippen LogP contribution in [0.25, 0.3) is 78.6 Å². The van der Waals surface area contributed by atoms with Gasteiger partial charge in [-0.05, 0) is 60.0 Å². The van der Waals surface area contributed by atoms with Crippen LogP contribution in [0.5, 0.6) is 0 Å². The Bertz CT molecular complexity index is 3110. The molecule has 0 saturated carbocycles. The number of fused-ring (bicyclic) bond motifs is 11. The molecule has 0 N–H and O–H groups in total. The Hall–Kier alpha value is -5.94. The Morgan fingerprint density at radius 1 is 0.420 bits per heavy atom. The summed E-state index contributed by atoms with van der Waals surface area (Å²) in [6, 6.07) is 62.4. The normalized spacial score (nSPS) is 12.0. The van der Waals surface area contributed by atoms with Crippen LogP contribution in [0.2, 0.25) is 0 Å². The van der Waals surface area contributed by atoms with Crippen LogP contribution in [0.3, 0.4) is 0 Å². The van der Waals surface area contributed by atoms with E-state index in [1.807, 2.05) is 22.7 Å².